The highest BCUT2D eigenvalue weighted by Gasteiger charge is 2.25. The number of nitrogens with zero attached hydrogens (tertiary/aromatic N) is 5. The molecule has 4 aromatic rings. The SMILES string of the molecule is Cc1cc(-c2c(-c3ccccc3)nc(N)n3c(=O)n(C4CCCNC4)nc23)cc(C)n1. The van der Waals surface area contributed by atoms with Gasteiger partial charge in [-0.2, -0.15) is 0 Å². The molecule has 1 aliphatic heterocycles. The minimum Gasteiger partial charge on any atom is -0.369 e. The van der Waals surface area contributed by atoms with Crippen molar-refractivity contribution in [2.45, 2.75) is 32.7 Å². The van der Waals surface area contributed by atoms with E-state index in [-0.39, 0.29) is 17.7 Å². The maximum Gasteiger partial charge on any atom is 0.353 e. The number of fused-ring (bicyclic) bond motifs is 1. The number of hydrogen-bond donors (Lipinski definition) is 2. The Morgan fingerprint density at radius 3 is 2.48 bits per heavy atom. The zero-order valence-electron chi connectivity index (χ0n) is 17.7. The second kappa shape index (κ2) is 7.63. The van der Waals surface area contributed by atoms with E-state index in [2.05, 4.69) is 15.3 Å². The second-order valence-electron chi connectivity index (χ2n) is 8.08. The lowest BCUT2D eigenvalue weighted by Gasteiger charge is -2.21. The first-order chi connectivity index (χ1) is 15.0. The second-order valence-corrected chi connectivity index (χ2v) is 8.08. The highest BCUT2D eigenvalue weighted by atomic mass is 16.2. The van der Waals surface area contributed by atoms with E-state index in [1.807, 2.05) is 56.3 Å². The number of rotatable bonds is 3. The largest absolute Gasteiger partial charge is 0.369 e. The molecule has 1 atom stereocenters. The molecule has 5 rings (SSSR count). The van der Waals surface area contributed by atoms with Crippen LogP contribution in [0.5, 0.6) is 0 Å². The summed E-state index contributed by atoms with van der Waals surface area (Å²) in [6.07, 6.45) is 1.90. The maximum atomic E-state index is 13.3. The number of aryl methyl sites for hydroxylation is 2. The van der Waals surface area contributed by atoms with Crippen molar-refractivity contribution in [3.63, 3.8) is 0 Å². The first-order valence-corrected chi connectivity index (χ1v) is 10.6. The van der Waals surface area contributed by atoms with Crippen LogP contribution in [0.2, 0.25) is 0 Å². The molecule has 8 heteroatoms. The average molecular weight is 416 g/mol. The Kier molecular flexibility index (Phi) is 4.78. The molecule has 0 spiro atoms. The van der Waals surface area contributed by atoms with E-state index in [0.29, 0.717) is 17.9 Å². The van der Waals surface area contributed by atoms with Crippen LogP contribution < -0.4 is 16.7 Å². The Labute approximate surface area is 179 Å². The van der Waals surface area contributed by atoms with E-state index >= 15 is 0 Å². The molecule has 1 aliphatic rings. The van der Waals surface area contributed by atoms with Gasteiger partial charge in [0.1, 0.15) is 0 Å². The van der Waals surface area contributed by atoms with Gasteiger partial charge in [-0.1, -0.05) is 30.3 Å². The van der Waals surface area contributed by atoms with Gasteiger partial charge in [0.2, 0.25) is 5.95 Å². The first-order valence-electron chi connectivity index (χ1n) is 10.6. The van der Waals surface area contributed by atoms with Crippen LogP contribution in [0.25, 0.3) is 28.0 Å². The lowest BCUT2D eigenvalue weighted by Crippen LogP contribution is -2.37. The number of nitrogens with two attached hydrogens (primary N) is 1. The van der Waals surface area contributed by atoms with Crippen LogP contribution in [0.3, 0.4) is 0 Å². The maximum absolute atomic E-state index is 13.3. The zero-order chi connectivity index (χ0) is 21.5. The molecule has 1 aromatic carbocycles. The Balaban J connectivity index is 1.86. The predicted molar refractivity (Wildman–Crippen MR) is 121 cm³/mol. The van der Waals surface area contributed by atoms with Gasteiger partial charge in [0.15, 0.2) is 5.65 Å². The Bertz CT molecular complexity index is 1300. The van der Waals surface area contributed by atoms with Crippen molar-refractivity contribution in [2.24, 2.45) is 0 Å². The van der Waals surface area contributed by atoms with E-state index < -0.39 is 0 Å². The van der Waals surface area contributed by atoms with Crippen LogP contribution in [0.15, 0.2) is 47.3 Å². The summed E-state index contributed by atoms with van der Waals surface area (Å²) in [5.74, 6) is 0.139. The van der Waals surface area contributed by atoms with Crippen molar-refractivity contribution in [3.8, 4) is 22.4 Å². The van der Waals surface area contributed by atoms with Crippen LogP contribution in [0, 0.1) is 13.8 Å². The molecule has 3 N–H and O–H groups in total. The van der Waals surface area contributed by atoms with Gasteiger partial charge in [-0.3, -0.25) is 4.98 Å². The summed E-state index contributed by atoms with van der Waals surface area (Å²) in [7, 11) is 0. The fraction of sp³-hybridized carbons (Fsp3) is 0.304. The molecule has 0 radical (unpaired) electrons. The highest BCUT2D eigenvalue weighted by molar-refractivity contribution is 5.90. The molecule has 0 aliphatic carbocycles. The van der Waals surface area contributed by atoms with E-state index in [9.17, 15) is 4.79 Å². The molecule has 1 fully saturated rings. The van der Waals surface area contributed by atoms with Crippen molar-refractivity contribution in [3.05, 3.63) is 64.3 Å². The monoisotopic (exact) mass is 415 g/mol. The minimum atomic E-state index is -0.253. The van der Waals surface area contributed by atoms with Crippen LogP contribution in [0.1, 0.15) is 30.3 Å². The zero-order valence-corrected chi connectivity index (χ0v) is 17.7. The number of hydrogen-bond acceptors (Lipinski definition) is 6. The van der Waals surface area contributed by atoms with E-state index in [4.69, 9.17) is 10.8 Å². The third-order valence-electron chi connectivity index (χ3n) is 5.75. The van der Waals surface area contributed by atoms with Crippen molar-refractivity contribution in [2.75, 3.05) is 18.8 Å². The van der Waals surface area contributed by atoms with Gasteiger partial charge in [-0.05, 0) is 50.9 Å². The summed E-state index contributed by atoms with van der Waals surface area (Å²) in [4.78, 5) is 22.5. The van der Waals surface area contributed by atoms with Gasteiger partial charge in [0.05, 0.1) is 17.3 Å². The smallest absolute Gasteiger partial charge is 0.353 e. The number of anilines is 1. The van der Waals surface area contributed by atoms with Crippen molar-refractivity contribution < 1.29 is 0 Å². The third kappa shape index (κ3) is 3.38. The van der Waals surface area contributed by atoms with E-state index in [0.717, 1.165) is 47.5 Å². The van der Waals surface area contributed by atoms with Crippen LogP contribution in [-0.2, 0) is 0 Å². The number of pyridine rings is 1. The van der Waals surface area contributed by atoms with Crippen molar-refractivity contribution in [1.29, 1.82) is 0 Å². The van der Waals surface area contributed by atoms with E-state index in [1.54, 1.807) is 4.68 Å². The molecule has 158 valence electrons. The van der Waals surface area contributed by atoms with Gasteiger partial charge < -0.3 is 11.1 Å². The molecule has 1 unspecified atom stereocenters. The molecule has 0 amide bonds. The van der Waals surface area contributed by atoms with Crippen LogP contribution >= 0.6 is 0 Å². The molecule has 3 aromatic heterocycles. The normalized spacial score (nSPS) is 16.6. The standard InChI is InChI=1S/C23H25N7O/c1-14-11-17(12-15(2)26-14)19-20(16-7-4-3-5-8-16)27-22(24)29-21(19)28-30(23(29)31)18-9-6-10-25-13-18/h3-5,7-8,11-12,18,25H,6,9-10,13H2,1-2H3,(H2,24,27). The molecular weight excluding hydrogens is 390 g/mol. The number of nitrogens with one attached hydrogen (secondary N) is 1. The van der Waals surface area contributed by atoms with Gasteiger partial charge in [0.25, 0.3) is 0 Å². The number of nitrogen functional groups attached to an aromatic ring is 1. The molecule has 8 nitrogen and oxygen atoms in total. The van der Waals surface area contributed by atoms with Gasteiger partial charge in [0, 0.05) is 23.5 Å². The molecule has 0 bridgehead atoms. The minimum absolute atomic E-state index is 0.00510. The summed E-state index contributed by atoms with van der Waals surface area (Å²) in [6, 6.07) is 13.9. The third-order valence-corrected chi connectivity index (χ3v) is 5.75. The highest BCUT2D eigenvalue weighted by Crippen LogP contribution is 2.35. The summed E-state index contributed by atoms with van der Waals surface area (Å²) < 4.78 is 3.00. The van der Waals surface area contributed by atoms with Gasteiger partial charge >= 0.3 is 5.69 Å². The fourth-order valence-corrected chi connectivity index (χ4v) is 4.41. The lowest BCUT2D eigenvalue weighted by molar-refractivity contribution is 0.339. The number of benzene rings is 1. The number of aromatic nitrogens is 5. The van der Waals surface area contributed by atoms with Gasteiger partial charge in [-0.25, -0.2) is 18.9 Å². The predicted octanol–water partition coefficient (Wildman–Crippen LogP) is 2.74. The van der Waals surface area contributed by atoms with Crippen molar-refractivity contribution >= 4 is 11.6 Å². The van der Waals surface area contributed by atoms with Crippen molar-refractivity contribution in [1.82, 2.24) is 29.5 Å². The molecular formula is C23H25N7O. The molecule has 31 heavy (non-hydrogen) atoms. The first kappa shape index (κ1) is 19.4. The lowest BCUT2D eigenvalue weighted by atomic mass is 9.99. The summed E-state index contributed by atoms with van der Waals surface area (Å²) >= 11 is 0. The van der Waals surface area contributed by atoms with Crippen LogP contribution in [0.4, 0.5) is 5.95 Å². The topological polar surface area (TPSA) is 103 Å². The molecule has 0 saturated carbocycles. The molecule has 1 saturated heterocycles. The Morgan fingerprint density at radius 1 is 1.06 bits per heavy atom. The summed E-state index contributed by atoms with van der Waals surface area (Å²) in [6.45, 7) is 5.59. The Morgan fingerprint density at radius 2 is 1.81 bits per heavy atom. The molecule has 4 heterocycles. The van der Waals surface area contributed by atoms with E-state index in [1.165, 1.54) is 4.40 Å². The quantitative estimate of drug-likeness (QED) is 0.533. The summed E-state index contributed by atoms with van der Waals surface area (Å²) in [5.41, 5.74) is 11.7. The Hall–Kier alpha value is -3.52. The van der Waals surface area contributed by atoms with Gasteiger partial charge in [-0.15, -0.1) is 5.10 Å². The fourth-order valence-electron chi connectivity index (χ4n) is 4.41. The average Bonchev–Trinajstić information content (AvgIpc) is 3.12. The van der Waals surface area contributed by atoms with Crippen LogP contribution in [-0.4, -0.2) is 37.2 Å². The summed E-state index contributed by atoms with van der Waals surface area (Å²) in [5, 5.41) is 8.16. The number of piperidine rings is 1.